The highest BCUT2D eigenvalue weighted by molar-refractivity contribution is 6.33. The lowest BCUT2D eigenvalue weighted by Gasteiger charge is -2.25. The smallest absolute Gasteiger partial charge is 0.398 e. The lowest BCUT2D eigenvalue weighted by Crippen LogP contribution is -2.42. The van der Waals surface area contributed by atoms with Gasteiger partial charge in [-0.05, 0) is 24.1 Å². The number of nitrogens with two attached hydrogens (primary N) is 1. The van der Waals surface area contributed by atoms with Gasteiger partial charge in [-0.3, -0.25) is 4.79 Å². The zero-order valence-corrected chi connectivity index (χ0v) is 14.8. The van der Waals surface area contributed by atoms with Gasteiger partial charge in [-0.1, -0.05) is 35.9 Å². The van der Waals surface area contributed by atoms with Crippen molar-refractivity contribution in [2.24, 2.45) is 0 Å². The van der Waals surface area contributed by atoms with Gasteiger partial charge in [-0.15, -0.1) is 0 Å². The third-order valence-electron chi connectivity index (χ3n) is 4.17. The van der Waals surface area contributed by atoms with Crippen LogP contribution in [0.5, 0.6) is 0 Å². The summed E-state index contributed by atoms with van der Waals surface area (Å²) in [6, 6.07) is 7.28. The number of aromatic nitrogens is 1. The zero-order chi connectivity index (χ0) is 19.6. The molecular formula is C18H16ClF3N4O. The molecule has 0 fully saturated rings. The van der Waals surface area contributed by atoms with Crippen LogP contribution in [0.3, 0.4) is 0 Å². The number of nitrogens with one attached hydrogen (secondary N) is 1. The molecule has 0 saturated carbocycles. The molecule has 3 N–H and O–H groups in total. The largest absolute Gasteiger partial charge is 0.417 e. The summed E-state index contributed by atoms with van der Waals surface area (Å²) in [6.45, 7) is 0.240. The van der Waals surface area contributed by atoms with Gasteiger partial charge in [0.15, 0.2) is 5.82 Å². The molecule has 2 heterocycles. The molecular weight excluding hydrogens is 381 g/mol. The Morgan fingerprint density at radius 3 is 2.78 bits per heavy atom. The average Bonchev–Trinajstić information content (AvgIpc) is 3.09. The highest BCUT2D eigenvalue weighted by Gasteiger charge is 2.34. The molecule has 9 heteroatoms. The van der Waals surface area contributed by atoms with Crippen LogP contribution in [-0.2, 0) is 17.5 Å². The number of halogens is 4. The van der Waals surface area contributed by atoms with Crippen molar-refractivity contribution in [2.75, 3.05) is 10.6 Å². The maximum atomic E-state index is 12.8. The van der Waals surface area contributed by atoms with Crippen molar-refractivity contribution < 1.29 is 18.0 Å². The van der Waals surface area contributed by atoms with E-state index in [2.05, 4.69) is 10.3 Å². The third kappa shape index (κ3) is 4.16. The number of amides is 1. The Bertz CT molecular complexity index is 885. The van der Waals surface area contributed by atoms with E-state index < -0.39 is 17.8 Å². The van der Waals surface area contributed by atoms with Crippen LogP contribution in [0.1, 0.15) is 17.5 Å². The predicted molar refractivity (Wildman–Crippen MR) is 97.0 cm³/mol. The summed E-state index contributed by atoms with van der Waals surface area (Å²) in [6.07, 6.45) is -0.135. The number of pyridine rings is 1. The molecule has 1 aromatic carbocycles. The third-order valence-corrected chi connectivity index (χ3v) is 4.44. The number of carbonyl (C=O) groups is 1. The molecule has 0 spiro atoms. The van der Waals surface area contributed by atoms with Gasteiger partial charge in [-0.25, -0.2) is 4.98 Å². The lowest BCUT2D eigenvalue weighted by atomic mass is 10.1. The fourth-order valence-electron chi connectivity index (χ4n) is 2.74. The Hall–Kier alpha value is -2.74. The van der Waals surface area contributed by atoms with Gasteiger partial charge in [0.1, 0.15) is 6.04 Å². The fourth-order valence-corrected chi connectivity index (χ4v) is 3.01. The molecule has 0 saturated heterocycles. The number of rotatable bonds is 4. The Kier molecular flexibility index (Phi) is 5.27. The summed E-state index contributed by atoms with van der Waals surface area (Å²) in [4.78, 5) is 17.8. The summed E-state index contributed by atoms with van der Waals surface area (Å²) in [7, 11) is 0. The van der Waals surface area contributed by atoms with Gasteiger partial charge >= 0.3 is 6.18 Å². The van der Waals surface area contributed by atoms with Crippen LogP contribution in [0, 0.1) is 0 Å². The summed E-state index contributed by atoms with van der Waals surface area (Å²) >= 11 is 5.99. The van der Waals surface area contributed by atoms with Gasteiger partial charge < -0.3 is 16.0 Å². The number of alkyl halides is 3. The molecule has 3 rings (SSSR count). The first-order chi connectivity index (χ1) is 12.8. The van der Waals surface area contributed by atoms with Crippen molar-refractivity contribution in [2.45, 2.75) is 25.2 Å². The van der Waals surface area contributed by atoms with Crippen molar-refractivity contribution in [3.8, 4) is 0 Å². The molecule has 1 aliphatic heterocycles. The zero-order valence-electron chi connectivity index (χ0n) is 14.0. The predicted octanol–water partition coefficient (Wildman–Crippen LogP) is 3.74. The molecule has 1 aliphatic rings. The van der Waals surface area contributed by atoms with E-state index in [0.29, 0.717) is 18.3 Å². The molecule has 1 amide bonds. The number of hydrogen-bond donors (Lipinski definition) is 2. The van der Waals surface area contributed by atoms with Gasteiger partial charge in [0, 0.05) is 24.6 Å². The minimum Gasteiger partial charge on any atom is -0.398 e. The summed E-state index contributed by atoms with van der Waals surface area (Å²) < 4.78 is 38.3. The topological polar surface area (TPSA) is 71.2 Å². The average molecular weight is 397 g/mol. The molecule has 1 aromatic heterocycles. The van der Waals surface area contributed by atoms with Gasteiger partial charge in [0.2, 0.25) is 5.91 Å². The standard InChI is InChI=1S/C18H16ClF3N4O/c19-13-8-12(18(20,21)22)10-24-16(13)26-7-3-6-15(26)17(27)25-9-11-4-1-2-5-14(11)23/h1-5,7-8,10,15H,6,9,23H2,(H,25,27). The number of benzene rings is 1. The van der Waals surface area contributed by atoms with Crippen molar-refractivity contribution >= 4 is 29.0 Å². The Morgan fingerprint density at radius 1 is 1.37 bits per heavy atom. The number of nitrogen functional groups attached to an aromatic ring is 1. The molecule has 0 aliphatic carbocycles. The van der Waals surface area contributed by atoms with E-state index in [1.54, 1.807) is 30.5 Å². The number of para-hydroxylation sites is 1. The second-order valence-corrected chi connectivity index (χ2v) is 6.39. The quantitative estimate of drug-likeness (QED) is 0.772. The Morgan fingerprint density at radius 2 is 2.11 bits per heavy atom. The van der Waals surface area contributed by atoms with Crippen LogP contribution in [0.2, 0.25) is 5.02 Å². The normalized spacial score (nSPS) is 16.6. The van der Waals surface area contributed by atoms with Crippen LogP contribution >= 0.6 is 11.6 Å². The molecule has 5 nitrogen and oxygen atoms in total. The molecule has 1 unspecified atom stereocenters. The second-order valence-electron chi connectivity index (χ2n) is 5.99. The van der Waals surface area contributed by atoms with Gasteiger partial charge in [0.25, 0.3) is 0 Å². The van der Waals surface area contributed by atoms with Crippen molar-refractivity contribution in [3.63, 3.8) is 0 Å². The first-order valence-electron chi connectivity index (χ1n) is 8.06. The number of nitrogens with zero attached hydrogens (tertiary/aromatic N) is 2. The first kappa shape index (κ1) is 19.0. The number of hydrogen-bond acceptors (Lipinski definition) is 4. The maximum absolute atomic E-state index is 12.8. The van der Waals surface area contributed by atoms with Crippen LogP contribution in [-0.4, -0.2) is 16.9 Å². The molecule has 27 heavy (non-hydrogen) atoms. The number of anilines is 2. The highest BCUT2D eigenvalue weighted by Crippen LogP contribution is 2.35. The molecule has 0 bridgehead atoms. The van der Waals surface area contributed by atoms with Crippen LogP contribution in [0.15, 0.2) is 48.8 Å². The fraction of sp³-hybridized carbons (Fsp3) is 0.222. The van der Waals surface area contributed by atoms with E-state index in [1.807, 2.05) is 6.07 Å². The molecule has 1 atom stereocenters. The van der Waals surface area contributed by atoms with Crippen molar-refractivity contribution in [1.29, 1.82) is 0 Å². The van der Waals surface area contributed by atoms with Gasteiger partial charge in [-0.2, -0.15) is 13.2 Å². The van der Waals surface area contributed by atoms with E-state index in [9.17, 15) is 18.0 Å². The van der Waals surface area contributed by atoms with E-state index in [0.717, 1.165) is 11.6 Å². The van der Waals surface area contributed by atoms with E-state index >= 15 is 0 Å². The van der Waals surface area contributed by atoms with Crippen LogP contribution in [0.4, 0.5) is 24.7 Å². The lowest BCUT2D eigenvalue weighted by molar-refractivity contribution is -0.137. The summed E-state index contributed by atoms with van der Waals surface area (Å²) in [5.41, 5.74) is 6.24. The van der Waals surface area contributed by atoms with E-state index in [1.165, 1.54) is 4.90 Å². The SMILES string of the molecule is Nc1ccccc1CNC(=O)C1CC=CN1c1ncc(C(F)(F)F)cc1Cl. The van der Waals surface area contributed by atoms with Crippen molar-refractivity contribution in [3.05, 3.63) is 65.0 Å². The second kappa shape index (κ2) is 7.48. The number of carbonyl (C=O) groups excluding carboxylic acids is 1. The van der Waals surface area contributed by atoms with Gasteiger partial charge in [0.05, 0.1) is 10.6 Å². The Balaban J connectivity index is 1.74. The van der Waals surface area contributed by atoms with Crippen molar-refractivity contribution in [1.82, 2.24) is 10.3 Å². The first-order valence-corrected chi connectivity index (χ1v) is 8.44. The van der Waals surface area contributed by atoms with E-state index in [4.69, 9.17) is 17.3 Å². The Labute approximate surface area is 158 Å². The summed E-state index contributed by atoms with van der Waals surface area (Å²) in [5, 5.41) is 2.61. The molecule has 142 valence electrons. The minimum absolute atomic E-state index is 0.0952. The summed E-state index contributed by atoms with van der Waals surface area (Å²) in [5.74, 6) is -0.209. The monoisotopic (exact) mass is 396 g/mol. The highest BCUT2D eigenvalue weighted by atomic mass is 35.5. The van der Waals surface area contributed by atoms with Crippen LogP contribution < -0.4 is 16.0 Å². The van der Waals surface area contributed by atoms with E-state index in [-0.39, 0.29) is 23.3 Å². The molecule has 0 radical (unpaired) electrons. The minimum atomic E-state index is -4.54. The molecule has 2 aromatic rings. The maximum Gasteiger partial charge on any atom is 0.417 e. The van der Waals surface area contributed by atoms with Crippen LogP contribution in [0.25, 0.3) is 0 Å².